The second-order valence-corrected chi connectivity index (χ2v) is 28.4. The summed E-state index contributed by atoms with van der Waals surface area (Å²) in [5.41, 5.74) is -6.77. The van der Waals surface area contributed by atoms with E-state index in [4.69, 9.17) is 0 Å². The topological polar surface area (TPSA) is 234 Å². The van der Waals surface area contributed by atoms with Crippen LogP contribution in [0.2, 0.25) is 0 Å². The molecule has 0 unspecified atom stereocenters. The van der Waals surface area contributed by atoms with Crippen LogP contribution in [-0.2, 0) is 42.3 Å². The standard InChI is InChI=1S/C82H34N6O12/c1-83-71(89)27-11-7-23-24-8-12-28-48-40(76(94)84(2)72(28)90)16-32-52-36-20-44-56-46(82(100)88(6)80(44)98)22-38-54-34-18-42-50-30(74(92)86(4)78(42)96)14-10-26-25-9-13-29-49-41(77(95)85(3)73(29)91)17-33(63(59(25)49)64(34)60(26)50)53(54)37-21-45-55-43(79(97)87(5)81(45)99)19-35(65-66(36)70(56)68(38)67(37)69(55)65)51(52)31-15-39(75(83)93)47(27)57(23)61(31)62(32)58(24)48/h7-22H,1-6H3. The van der Waals surface area contributed by atoms with Crippen molar-refractivity contribution in [3.8, 4) is 0 Å². The molecule has 19 aromatic carbocycles. The van der Waals surface area contributed by atoms with E-state index in [2.05, 4.69) is 0 Å². The molecule has 0 radical (unpaired) electrons. The van der Waals surface area contributed by atoms with E-state index in [0.29, 0.717) is 194 Å². The van der Waals surface area contributed by atoms with Crippen molar-refractivity contribution in [2.45, 2.75) is 0 Å². The van der Waals surface area contributed by atoms with Crippen molar-refractivity contribution in [1.29, 1.82) is 0 Å². The van der Waals surface area contributed by atoms with Gasteiger partial charge in [-0.15, -0.1) is 0 Å². The van der Waals surface area contributed by atoms with Gasteiger partial charge in [0.2, 0.25) is 0 Å². The monoisotopic (exact) mass is 1290 g/mol. The average Bonchev–Trinajstić information content (AvgIpc) is 0.645. The molecule has 0 amide bonds. The van der Waals surface area contributed by atoms with Crippen LogP contribution in [0.25, 0.3) is 259 Å². The maximum Gasteiger partial charge on any atom is 0.261 e. The fourth-order valence-corrected chi connectivity index (χ4v) is 20.5. The Morgan fingerprint density at radius 1 is 0.130 bits per heavy atom. The van der Waals surface area contributed by atoms with Gasteiger partial charge in [0.1, 0.15) is 0 Å². The van der Waals surface area contributed by atoms with Crippen molar-refractivity contribution in [2.75, 3.05) is 0 Å². The number of aromatic nitrogens is 6. The number of hydrogen-bond acceptors (Lipinski definition) is 12. The zero-order valence-electron chi connectivity index (χ0n) is 52.8. The van der Waals surface area contributed by atoms with E-state index in [1.807, 2.05) is 24.3 Å². The van der Waals surface area contributed by atoms with E-state index in [9.17, 15) is 19.2 Å². The zero-order valence-corrected chi connectivity index (χ0v) is 52.8. The summed E-state index contributed by atoms with van der Waals surface area (Å²) in [6, 6.07) is 28.6. The van der Waals surface area contributed by atoms with Gasteiger partial charge in [-0.1, -0.05) is 24.3 Å². The highest BCUT2D eigenvalue weighted by atomic mass is 16.2. The summed E-state index contributed by atoms with van der Waals surface area (Å²) >= 11 is 0. The van der Waals surface area contributed by atoms with Crippen LogP contribution in [0.15, 0.2) is 155 Å². The lowest BCUT2D eigenvalue weighted by atomic mass is 9.73. The predicted octanol–water partition coefficient (Wildman–Crippen LogP) is 10.4. The van der Waals surface area contributed by atoms with Crippen LogP contribution in [-0.4, -0.2) is 27.4 Å². The third-order valence-corrected chi connectivity index (χ3v) is 24.6. The molecule has 6 heterocycles. The van der Waals surface area contributed by atoms with Crippen molar-refractivity contribution < 1.29 is 0 Å². The van der Waals surface area contributed by atoms with Crippen molar-refractivity contribution in [3.05, 3.63) is 221 Å². The molecule has 18 nitrogen and oxygen atoms in total. The molecule has 0 saturated carbocycles. The molecule has 0 spiro atoms. The van der Waals surface area contributed by atoms with Crippen LogP contribution in [0.5, 0.6) is 0 Å². The van der Waals surface area contributed by atoms with E-state index in [1.165, 1.54) is 42.3 Å². The first-order valence-corrected chi connectivity index (χ1v) is 32.6. The molecule has 0 N–H and O–H groups in total. The van der Waals surface area contributed by atoms with Crippen LogP contribution < -0.4 is 66.7 Å². The van der Waals surface area contributed by atoms with Gasteiger partial charge in [0.15, 0.2) is 0 Å². The lowest BCUT2D eigenvalue weighted by Gasteiger charge is -2.28. The van der Waals surface area contributed by atoms with Crippen LogP contribution >= 0.6 is 0 Å². The number of nitrogens with zero attached hydrogens (tertiary/aromatic N) is 6. The highest BCUT2D eigenvalue weighted by Crippen LogP contribution is 2.61. The lowest BCUT2D eigenvalue weighted by molar-refractivity contribution is 0.841. The summed E-state index contributed by atoms with van der Waals surface area (Å²) in [4.78, 5) is 182. The van der Waals surface area contributed by atoms with Gasteiger partial charge in [0, 0.05) is 150 Å². The third-order valence-electron chi connectivity index (χ3n) is 24.6. The molecule has 0 atom stereocenters. The zero-order chi connectivity index (χ0) is 67.4. The van der Waals surface area contributed by atoms with E-state index < -0.39 is 66.7 Å². The molecule has 464 valence electrons. The first-order chi connectivity index (χ1) is 48.2. The number of pyridine rings is 6. The van der Waals surface area contributed by atoms with Gasteiger partial charge in [-0.2, -0.15) is 0 Å². The van der Waals surface area contributed by atoms with Crippen LogP contribution in [0.4, 0.5) is 0 Å². The van der Waals surface area contributed by atoms with E-state index in [0.717, 1.165) is 27.4 Å². The number of rotatable bonds is 0. The summed E-state index contributed by atoms with van der Waals surface area (Å²) in [5, 5.41) is 21.5. The second kappa shape index (κ2) is 15.2. The Morgan fingerprint density at radius 3 is 0.410 bits per heavy atom. The molecule has 25 rings (SSSR count). The Morgan fingerprint density at radius 2 is 0.240 bits per heavy atom. The lowest BCUT2D eigenvalue weighted by Crippen LogP contribution is -2.31. The summed E-state index contributed by atoms with van der Waals surface area (Å²) in [6.07, 6.45) is 0. The third kappa shape index (κ3) is 4.80. The second-order valence-electron chi connectivity index (χ2n) is 28.4. The molecule has 100 heavy (non-hydrogen) atoms. The molecule has 0 saturated heterocycles. The molecule has 0 fully saturated rings. The molecule has 18 heteroatoms. The first kappa shape index (κ1) is 51.8. The minimum Gasteiger partial charge on any atom is -0.277 e. The molecule has 0 bridgehead atoms. The fraction of sp³-hybridized carbons (Fsp3) is 0.0732. The van der Waals surface area contributed by atoms with Crippen LogP contribution in [0.3, 0.4) is 0 Å². The maximum atomic E-state index is 15.7. The normalized spacial score (nSPS) is 13.6. The quantitative estimate of drug-likeness (QED) is 0.102. The molecule has 0 aliphatic heterocycles. The Balaban J connectivity index is 1.08. The predicted molar refractivity (Wildman–Crippen MR) is 401 cm³/mol. The molecule has 0 aliphatic rings. The molecular weight excluding hydrogens is 1260 g/mol. The summed E-state index contributed by atoms with van der Waals surface area (Å²) in [5.74, 6) is 0. The minimum absolute atomic E-state index is 0.161. The largest absolute Gasteiger partial charge is 0.277 e. The molecular formula is C82H34N6O12. The van der Waals surface area contributed by atoms with Gasteiger partial charge in [0.25, 0.3) is 66.7 Å². The van der Waals surface area contributed by atoms with Crippen molar-refractivity contribution in [1.82, 2.24) is 27.4 Å². The Labute approximate surface area is 546 Å². The van der Waals surface area contributed by atoms with Crippen LogP contribution in [0.1, 0.15) is 0 Å². The van der Waals surface area contributed by atoms with E-state index in [-0.39, 0.29) is 64.6 Å². The summed E-state index contributed by atoms with van der Waals surface area (Å²) in [6.45, 7) is 0. The fourth-order valence-electron chi connectivity index (χ4n) is 20.5. The van der Waals surface area contributed by atoms with Crippen LogP contribution in [0, 0.1) is 0 Å². The minimum atomic E-state index is -0.618. The number of hydrogen-bond donors (Lipinski definition) is 0. The summed E-state index contributed by atoms with van der Waals surface area (Å²) < 4.78 is 6.52. The SMILES string of the molecule is Cn1c(=O)c2ccc3c4ccc5c(=O)n(C)c(=O)c6cc7c8c9cc%10c(=O)n(C)c(=O)c%11cc%12c%13c%14cc%15c(=O)n(C)c(=O)c%16ccc%17c%18ccc%19c(=O)n(C)c(=O)c%20cc(c%13c%13cc%21c(=O)n(C)c(=O)c%22cc(c8c8cc(c1=O)c2c3c8c7c4c56)c1c9c(c%10%11)c%12c%13c1c%22%21)c(c%18c%19%20)c%14c%17c%16%15. The van der Waals surface area contributed by atoms with E-state index >= 15 is 38.4 Å². The Bertz CT molecular complexity index is 8330. The highest BCUT2D eigenvalue weighted by molar-refractivity contribution is 6.61. The molecule has 25 aromatic rings. The van der Waals surface area contributed by atoms with Crippen molar-refractivity contribution in [3.63, 3.8) is 0 Å². The molecule has 6 aromatic heterocycles. The van der Waals surface area contributed by atoms with Gasteiger partial charge in [0.05, 0.1) is 0 Å². The van der Waals surface area contributed by atoms with Gasteiger partial charge in [-0.05, 0) is 224 Å². The Kier molecular flexibility index (Phi) is 7.87. The Hall–Kier alpha value is -13.5. The number of benzene rings is 19. The van der Waals surface area contributed by atoms with E-state index in [1.54, 1.807) is 72.8 Å². The van der Waals surface area contributed by atoms with Crippen molar-refractivity contribution >= 4 is 259 Å². The average molecular weight is 1300 g/mol. The molecule has 0 aliphatic carbocycles. The van der Waals surface area contributed by atoms with Crippen molar-refractivity contribution in [2.24, 2.45) is 42.3 Å². The van der Waals surface area contributed by atoms with Gasteiger partial charge in [-0.25, -0.2) is 0 Å². The van der Waals surface area contributed by atoms with Gasteiger partial charge in [-0.3, -0.25) is 84.9 Å². The van der Waals surface area contributed by atoms with Gasteiger partial charge >= 0.3 is 0 Å². The maximum absolute atomic E-state index is 15.7. The summed E-state index contributed by atoms with van der Waals surface area (Å²) in [7, 11) is 8.60. The van der Waals surface area contributed by atoms with Gasteiger partial charge < -0.3 is 0 Å². The highest BCUT2D eigenvalue weighted by Gasteiger charge is 2.37. The number of fused-ring (bicyclic) bond motifs is 12. The smallest absolute Gasteiger partial charge is 0.261 e. The first-order valence-electron chi connectivity index (χ1n) is 32.6.